The van der Waals surface area contributed by atoms with Crippen molar-refractivity contribution in [3.63, 3.8) is 0 Å². The van der Waals surface area contributed by atoms with E-state index in [0.717, 1.165) is 5.56 Å². The van der Waals surface area contributed by atoms with Gasteiger partial charge in [-0.15, -0.1) is 11.6 Å². The first kappa shape index (κ1) is 17.3. The fraction of sp³-hybridized carbons (Fsp3) is 0.500. The highest BCUT2D eigenvalue weighted by Crippen LogP contribution is 2.20. The van der Waals surface area contributed by atoms with E-state index in [1.165, 1.54) is 6.92 Å². The summed E-state index contributed by atoms with van der Waals surface area (Å²) < 4.78 is 61.4. The van der Waals surface area contributed by atoms with Crippen molar-refractivity contribution in [2.75, 3.05) is 13.1 Å². The van der Waals surface area contributed by atoms with Crippen molar-refractivity contribution in [1.29, 1.82) is 0 Å². The lowest BCUT2D eigenvalue weighted by atomic mass is 10.2. The minimum Gasteiger partial charge on any atom is -0.212 e. The summed E-state index contributed by atoms with van der Waals surface area (Å²) >= 11 is 5.61. The molecule has 0 radical (unpaired) electrons. The Morgan fingerprint density at radius 1 is 1.15 bits per heavy atom. The van der Waals surface area contributed by atoms with Crippen LogP contribution < -0.4 is 0 Å². The molecular formula is C12H15ClF3NO2S. The van der Waals surface area contributed by atoms with Crippen LogP contribution in [0.1, 0.15) is 18.1 Å². The lowest BCUT2D eigenvalue weighted by Crippen LogP contribution is -2.39. The lowest BCUT2D eigenvalue weighted by Gasteiger charge is -2.21. The number of alkyl halides is 4. The van der Waals surface area contributed by atoms with Crippen LogP contribution in [0.15, 0.2) is 24.3 Å². The summed E-state index contributed by atoms with van der Waals surface area (Å²) in [4.78, 5) is 0. The number of halogens is 4. The normalized spacial score (nSPS) is 12.9. The monoisotopic (exact) mass is 329 g/mol. The number of hydrogen-bond donors (Lipinski definition) is 0. The summed E-state index contributed by atoms with van der Waals surface area (Å²) in [5, 5.41) is 0. The first-order chi connectivity index (χ1) is 9.18. The number of sulfonamides is 1. The molecule has 0 unspecified atom stereocenters. The van der Waals surface area contributed by atoms with Crippen LogP contribution in [0.3, 0.4) is 0 Å². The van der Waals surface area contributed by atoms with Gasteiger partial charge in [-0.2, -0.15) is 17.5 Å². The molecule has 0 fully saturated rings. The molecule has 8 heteroatoms. The predicted octanol–water partition coefficient (Wildman–Crippen LogP) is 3.14. The van der Waals surface area contributed by atoms with Gasteiger partial charge in [0.2, 0.25) is 10.0 Å². The molecule has 0 amide bonds. The van der Waals surface area contributed by atoms with Crippen LogP contribution in [0, 0.1) is 0 Å². The smallest absolute Gasteiger partial charge is 0.212 e. The Hall–Kier alpha value is -0.790. The second-order valence-electron chi connectivity index (χ2n) is 4.25. The zero-order valence-electron chi connectivity index (χ0n) is 10.8. The summed E-state index contributed by atoms with van der Waals surface area (Å²) in [5.41, 5.74) is 1.25. The fourth-order valence-corrected chi connectivity index (χ4v) is 3.34. The van der Waals surface area contributed by atoms with Gasteiger partial charge in [0.05, 0.1) is 5.75 Å². The molecule has 1 aromatic carbocycles. The maximum Gasteiger partial charge on any atom is 0.402 e. The Kier molecular flexibility index (Phi) is 5.85. The highest BCUT2D eigenvalue weighted by atomic mass is 35.5. The Morgan fingerprint density at radius 2 is 1.65 bits per heavy atom. The molecule has 0 saturated carbocycles. The molecule has 1 rings (SSSR count). The van der Waals surface area contributed by atoms with E-state index in [2.05, 4.69) is 0 Å². The number of rotatable bonds is 6. The Bertz CT molecular complexity index is 529. The van der Waals surface area contributed by atoms with Crippen molar-refractivity contribution in [2.45, 2.75) is 24.7 Å². The maximum atomic E-state index is 12.3. The molecule has 0 atom stereocenters. The first-order valence-corrected chi connectivity index (χ1v) is 8.00. The van der Waals surface area contributed by atoms with Crippen LogP contribution in [-0.2, 0) is 21.7 Å². The van der Waals surface area contributed by atoms with Gasteiger partial charge in [-0.25, -0.2) is 8.42 Å². The SMILES string of the molecule is CCN(CC(F)(F)F)S(=O)(=O)Cc1ccc(CCl)cc1. The van der Waals surface area contributed by atoms with Gasteiger partial charge in [0.1, 0.15) is 6.54 Å². The maximum absolute atomic E-state index is 12.3. The van der Waals surface area contributed by atoms with Gasteiger partial charge in [-0.3, -0.25) is 0 Å². The molecule has 0 aliphatic carbocycles. The van der Waals surface area contributed by atoms with Gasteiger partial charge in [-0.05, 0) is 11.1 Å². The standard InChI is InChI=1S/C12H15ClF3NO2S/c1-2-17(9-12(14,15)16)20(18,19)8-11-5-3-10(7-13)4-6-11/h3-6H,2,7-9H2,1H3. The molecule has 0 saturated heterocycles. The van der Waals surface area contributed by atoms with E-state index in [0.29, 0.717) is 15.7 Å². The summed E-state index contributed by atoms with van der Waals surface area (Å²) in [6.07, 6.45) is -4.55. The minimum absolute atomic E-state index is 0.221. The zero-order chi connectivity index (χ0) is 15.4. The van der Waals surface area contributed by atoms with Crippen LogP contribution in [0.5, 0.6) is 0 Å². The van der Waals surface area contributed by atoms with E-state index in [1.54, 1.807) is 24.3 Å². The van der Waals surface area contributed by atoms with Gasteiger partial charge >= 0.3 is 6.18 Å². The van der Waals surface area contributed by atoms with Crippen molar-refractivity contribution in [2.24, 2.45) is 0 Å². The molecule has 0 spiro atoms. The molecule has 0 aromatic heterocycles. The van der Waals surface area contributed by atoms with E-state index in [9.17, 15) is 21.6 Å². The summed E-state index contributed by atoms with van der Waals surface area (Å²) in [5.74, 6) is -0.165. The average molecular weight is 330 g/mol. The van der Waals surface area contributed by atoms with Gasteiger partial charge in [-0.1, -0.05) is 31.2 Å². The van der Waals surface area contributed by atoms with Gasteiger partial charge in [0, 0.05) is 12.4 Å². The highest BCUT2D eigenvalue weighted by Gasteiger charge is 2.35. The van der Waals surface area contributed by atoms with E-state index < -0.39 is 28.5 Å². The molecular weight excluding hydrogens is 315 g/mol. The van der Waals surface area contributed by atoms with Gasteiger partial charge < -0.3 is 0 Å². The van der Waals surface area contributed by atoms with Crippen molar-refractivity contribution in [3.8, 4) is 0 Å². The molecule has 20 heavy (non-hydrogen) atoms. The quantitative estimate of drug-likeness (QED) is 0.752. The number of benzene rings is 1. The van der Waals surface area contributed by atoms with Crippen molar-refractivity contribution < 1.29 is 21.6 Å². The Labute approximate surface area is 121 Å². The summed E-state index contributed by atoms with van der Waals surface area (Å²) in [6.45, 7) is -0.312. The van der Waals surface area contributed by atoms with Crippen LogP contribution in [0.4, 0.5) is 13.2 Å². The number of hydrogen-bond acceptors (Lipinski definition) is 2. The van der Waals surface area contributed by atoms with Crippen LogP contribution in [0.2, 0.25) is 0 Å². The second kappa shape index (κ2) is 6.78. The average Bonchev–Trinajstić information content (AvgIpc) is 2.35. The van der Waals surface area contributed by atoms with E-state index in [-0.39, 0.29) is 6.54 Å². The van der Waals surface area contributed by atoms with Crippen molar-refractivity contribution in [3.05, 3.63) is 35.4 Å². The fourth-order valence-electron chi connectivity index (χ4n) is 1.63. The van der Waals surface area contributed by atoms with E-state index in [4.69, 9.17) is 11.6 Å². The second-order valence-corrected chi connectivity index (χ2v) is 6.48. The van der Waals surface area contributed by atoms with Gasteiger partial charge in [0.15, 0.2) is 0 Å². The van der Waals surface area contributed by atoms with Crippen molar-refractivity contribution >= 4 is 21.6 Å². The first-order valence-electron chi connectivity index (χ1n) is 5.86. The zero-order valence-corrected chi connectivity index (χ0v) is 12.4. The van der Waals surface area contributed by atoms with E-state index in [1.807, 2.05) is 0 Å². The topological polar surface area (TPSA) is 37.4 Å². The molecule has 0 bridgehead atoms. The molecule has 0 aliphatic rings. The van der Waals surface area contributed by atoms with Gasteiger partial charge in [0.25, 0.3) is 0 Å². The predicted molar refractivity (Wildman–Crippen MR) is 71.9 cm³/mol. The highest BCUT2D eigenvalue weighted by molar-refractivity contribution is 7.88. The number of nitrogens with zero attached hydrogens (tertiary/aromatic N) is 1. The van der Waals surface area contributed by atoms with Crippen molar-refractivity contribution in [1.82, 2.24) is 4.31 Å². The van der Waals surface area contributed by atoms with Crippen LogP contribution in [0.25, 0.3) is 0 Å². The largest absolute Gasteiger partial charge is 0.402 e. The molecule has 0 aliphatic heterocycles. The van der Waals surface area contributed by atoms with Crippen LogP contribution >= 0.6 is 11.6 Å². The summed E-state index contributed by atoms with van der Waals surface area (Å²) in [7, 11) is -4.00. The summed E-state index contributed by atoms with van der Waals surface area (Å²) in [6, 6.07) is 6.41. The minimum atomic E-state index is -4.55. The molecule has 114 valence electrons. The third-order valence-electron chi connectivity index (χ3n) is 2.63. The third-order valence-corrected chi connectivity index (χ3v) is 4.81. The van der Waals surface area contributed by atoms with Crippen LogP contribution in [-0.4, -0.2) is 32.0 Å². The Morgan fingerprint density at radius 3 is 2.05 bits per heavy atom. The Balaban J connectivity index is 2.86. The lowest BCUT2D eigenvalue weighted by molar-refractivity contribution is -0.135. The molecule has 1 aromatic rings. The molecule has 0 heterocycles. The molecule has 0 N–H and O–H groups in total. The third kappa shape index (κ3) is 5.30. The van der Waals surface area contributed by atoms with E-state index >= 15 is 0 Å². The molecule has 3 nitrogen and oxygen atoms in total.